The summed E-state index contributed by atoms with van der Waals surface area (Å²) in [5.74, 6) is -2.79. The minimum atomic E-state index is -1.36. The smallest absolute Gasteiger partial charge is 0.350 e. The fourth-order valence-electron chi connectivity index (χ4n) is 3.58. The lowest BCUT2D eigenvalue weighted by molar-refractivity contribution is -0.174. The molecule has 0 spiro atoms. The molecule has 0 aromatic carbocycles. The zero-order valence-corrected chi connectivity index (χ0v) is 16.5. The number of nitrogens with zero attached hydrogens (tertiary/aromatic N) is 3. The van der Waals surface area contributed by atoms with Gasteiger partial charge in [-0.2, -0.15) is 4.98 Å². The number of carbonyl (C=O) groups is 4. The minimum Gasteiger partial charge on any atom is -0.454 e. The predicted octanol–water partition coefficient (Wildman–Crippen LogP) is -1.24. The van der Waals surface area contributed by atoms with Gasteiger partial charge in [0.1, 0.15) is 12.4 Å². The molecule has 2 N–H and O–H groups in total. The number of nitrogens with one attached hydrogen (secondary N) is 2. The van der Waals surface area contributed by atoms with Gasteiger partial charge in [0, 0.05) is 20.8 Å². The third kappa shape index (κ3) is 3.61. The molecule has 2 aromatic rings. The van der Waals surface area contributed by atoms with E-state index in [0.717, 1.165) is 13.8 Å². The molecule has 5 atom stereocenters. The fourth-order valence-corrected chi connectivity index (χ4v) is 3.58. The lowest BCUT2D eigenvalue weighted by Gasteiger charge is -2.22. The highest BCUT2D eigenvalue weighted by atomic mass is 16.7. The molecule has 0 unspecified atom stereocenters. The molecule has 2 aliphatic rings. The van der Waals surface area contributed by atoms with Gasteiger partial charge in [-0.25, -0.2) is 9.78 Å². The Hall–Kier alpha value is -3.81. The molecule has 0 radical (unpaired) electrons. The van der Waals surface area contributed by atoms with Gasteiger partial charge in [-0.05, 0) is 0 Å². The number of amides is 1. The Morgan fingerprint density at radius 1 is 1.13 bits per heavy atom. The van der Waals surface area contributed by atoms with Crippen molar-refractivity contribution >= 4 is 40.9 Å². The van der Waals surface area contributed by atoms with Crippen molar-refractivity contribution in [1.82, 2.24) is 19.5 Å². The summed E-state index contributed by atoms with van der Waals surface area (Å²) in [5.41, 5.74) is -0.697. The topological polar surface area (TPSA) is 181 Å². The second-order valence-corrected chi connectivity index (χ2v) is 6.92. The molecule has 2 fully saturated rings. The number of ether oxygens (including phenoxy) is 4. The number of hydrogen-bond donors (Lipinski definition) is 2. The van der Waals surface area contributed by atoms with Crippen LogP contribution >= 0.6 is 0 Å². The summed E-state index contributed by atoms with van der Waals surface area (Å²) in [7, 11) is 0. The van der Waals surface area contributed by atoms with Crippen LogP contribution in [0.15, 0.2) is 11.1 Å². The van der Waals surface area contributed by atoms with E-state index in [0.29, 0.717) is 0 Å². The van der Waals surface area contributed by atoms with Gasteiger partial charge in [0.05, 0.1) is 0 Å². The van der Waals surface area contributed by atoms with E-state index in [9.17, 15) is 24.0 Å². The second kappa shape index (κ2) is 7.46. The Morgan fingerprint density at radius 2 is 1.84 bits per heavy atom. The van der Waals surface area contributed by atoms with Crippen LogP contribution in [-0.4, -0.2) is 67.7 Å². The van der Waals surface area contributed by atoms with Gasteiger partial charge in [-0.3, -0.25) is 34.0 Å². The number of anilines is 1. The first kappa shape index (κ1) is 20.5. The monoisotopic (exact) mass is 435 g/mol. The summed E-state index contributed by atoms with van der Waals surface area (Å²) in [5, 5.41) is 2.35. The molecule has 0 saturated carbocycles. The van der Waals surface area contributed by atoms with E-state index in [4.69, 9.17) is 18.9 Å². The maximum Gasteiger partial charge on any atom is 0.350 e. The average molecular weight is 435 g/mol. The van der Waals surface area contributed by atoms with Crippen molar-refractivity contribution in [2.45, 2.75) is 51.4 Å². The van der Waals surface area contributed by atoms with Crippen LogP contribution in [0, 0.1) is 0 Å². The van der Waals surface area contributed by atoms with E-state index in [1.807, 2.05) is 0 Å². The number of aromatic amines is 1. The number of hydrogen-bond acceptors (Lipinski definition) is 11. The Morgan fingerprint density at radius 3 is 2.48 bits per heavy atom. The molecule has 2 aliphatic heterocycles. The Balaban J connectivity index is 1.74. The summed E-state index contributed by atoms with van der Waals surface area (Å²) in [6.07, 6.45) is -4.57. The molecule has 31 heavy (non-hydrogen) atoms. The SMILES string of the molecule is CC(=O)Nc1nc2ncn([C@H]3O[C@@H]4[C@H](OC(=O)[C@H]4OC(C)=O)[C@@H]3OC(C)=O)c2c(=O)[nH]1. The molecule has 0 aliphatic carbocycles. The quantitative estimate of drug-likeness (QED) is 0.433. The van der Waals surface area contributed by atoms with Gasteiger partial charge in [-0.1, -0.05) is 0 Å². The van der Waals surface area contributed by atoms with Crippen LogP contribution < -0.4 is 10.9 Å². The summed E-state index contributed by atoms with van der Waals surface area (Å²) in [4.78, 5) is 69.5. The molecule has 14 nitrogen and oxygen atoms in total. The maximum atomic E-state index is 12.6. The van der Waals surface area contributed by atoms with Crippen LogP contribution in [0.4, 0.5) is 5.95 Å². The van der Waals surface area contributed by atoms with Crippen LogP contribution in [0.25, 0.3) is 11.2 Å². The van der Waals surface area contributed by atoms with Crippen molar-refractivity contribution in [3.05, 3.63) is 16.7 Å². The highest BCUT2D eigenvalue weighted by molar-refractivity contribution is 5.87. The van der Waals surface area contributed by atoms with Crippen molar-refractivity contribution in [1.29, 1.82) is 0 Å². The van der Waals surface area contributed by atoms with Gasteiger partial charge in [0.2, 0.25) is 18.0 Å². The van der Waals surface area contributed by atoms with E-state index in [1.165, 1.54) is 17.8 Å². The number of fused-ring (bicyclic) bond motifs is 2. The van der Waals surface area contributed by atoms with Crippen molar-refractivity contribution in [3.63, 3.8) is 0 Å². The van der Waals surface area contributed by atoms with Crippen LogP contribution in [0.2, 0.25) is 0 Å². The first-order chi connectivity index (χ1) is 14.7. The fraction of sp³-hybridized carbons (Fsp3) is 0.471. The minimum absolute atomic E-state index is 0.0109. The first-order valence-corrected chi connectivity index (χ1v) is 9.10. The number of H-pyrrole nitrogens is 1. The molecule has 2 aromatic heterocycles. The second-order valence-electron chi connectivity index (χ2n) is 6.92. The van der Waals surface area contributed by atoms with E-state index in [1.54, 1.807) is 0 Å². The summed E-state index contributed by atoms with van der Waals surface area (Å²) in [6.45, 7) is 3.53. The number of aromatic nitrogens is 4. The van der Waals surface area contributed by atoms with Gasteiger partial charge in [0.15, 0.2) is 29.6 Å². The van der Waals surface area contributed by atoms with Gasteiger partial charge in [-0.15, -0.1) is 0 Å². The lowest BCUT2D eigenvalue weighted by atomic mass is 10.1. The number of rotatable bonds is 4. The third-order valence-electron chi connectivity index (χ3n) is 4.61. The maximum absolute atomic E-state index is 12.6. The molecule has 164 valence electrons. The molecular formula is C17H17N5O9. The van der Waals surface area contributed by atoms with Crippen molar-refractivity contribution in [2.24, 2.45) is 0 Å². The highest BCUT2D eigenvalue weighted by Gasteiger charge is 2.61. The van der Waals surface area contributed by atoms with Gasteiger partial charge in [0.25, 0.3) is 5.56 Å². The summed E-state index contributed by atoms with van der Waals surface area (Å²) >= 11 is 0. The Bertz CT molecular complexity index is 1150. The molecule has 4 rings (SSSR count). The van der Waals surface area contributed by atoms with E-state index < -0.39 is 60.0 Å². The van der Waals surface area contributed by atoms with Crippen molar-refractivity contribution in [3.8, 4) is 0 Å². The third-order valence-corrected chi connectivity index (χ3v) is 4.61. The zero-order chi connectivity index (χ0) is 22.4. The van der Waals surface area contributed by atoms with Gasteiger partial charge < -0.3 is 18.9 Å². The summed E-state index contributed by atoms with van der Waals surface area (Å²) < 4.78 is 22.7. The molecule has 0 bridgehead atoms. The standard InChI is InChI=1S/C17H17N5O9/c1-5(23)19-17-20-13-8(14(26)21-17)22(4-18-13)15-11(28-6(2)24)9-10(30-15)12(16(27)31-9)29-7(3)25/h4,9-12,15H,1-3H3,(H2,19,20,21,23,26)/t9-,10+,11-,12-,15-/m0/s1. The molecule has 4 heterocycles. The van der Waals surface area contributed by atoms with Crippen LogP contribution in [-0.2, 0) is 38.1 Å². The largest absolute Gasteiger partial charge is 0.454 e. The van der Waals surface area contributed by atoms with E-state index >= 15 is 0 Å². The van der Waals surface area contributed by atoms with E-state index in [-0.39, 0.29) is 17.1 Å². The van der Waals surface area contributed by atoms with Crippen LogP contribution in [0.3, 0.4) is 0 Å². The van der Waals surface area contributed by atoms with E-state index in [2.05, 4.69) is 20.3 Å². The molecular weight excluding hydrogens is 418 g/mol. The Kier molecular flexibility index (Phi) is 4.93. The van der Waals surface area contributed by atoms with Crippen molar-refractivity contribution < 1.29 is 38.1 Å². The average Bonchev–Trinajstić information content (AvgIpc) is 3.29. The highest BCUT2D eigenvalue weighted by Crippen LogP contribution is 2.40. The van der Waals surface area contributed by atoms with Crippen LogP contribution in [0.1, 0.15) is 27.0 Å². The molecule has 1 amide bonds. The molecule has 2 saturated heterocycles. The number of esters is 3. The zero-order valence-electron chi connectivity index (χ0n) is 16.5. The first-order valence-electron chi connectivity index (χ1n) is 9.10. The molecule has 14 heteroatoms. The Labute approximate surface area is 172 Å². The van der Waals surface area contributed by atoms with Crippen LogP contribution in [0.5, 0.6) is 0 Å². The lowest BCUT2D eigenvalue weighted by Crippen LogP contribution is -2.36. The van der Waals surface area contributed by atoms with Crippen molar-refractivity contribution in [2.75, 3.05) is 5.32 Å². The number of carbonyl (C=O) groups excluding carboxylic acids is 4. The van der Waals surface area contributed by atoms with Gasteiger partial charge >= 0.3 is 17.9 Å². The summed E-state index contributed by atoms with van der Waals surface area (Å²) in [6, 6.07) is 0. The normalized spacial score (nSPS) is 26.9. The predicted molar refractivity (Wildman–Crippen MR) is 97.4 cm³/mol. The number of imidazole rings is 1.